The molecule has 0 aromatic heterocycles. The van der Waals surface area contributed by atoms with Gasteiger partial charge in [0.1, 0.15) is 5.75 Å². The van der Waals surface area contributed by atoms with Gasteiger partial charge in [0.05, 0.1) is 12.5 Å². The summed E-state index contributed by atoms with van der Waals surface area (Å²) in [5, 5.41) is 8.72. The van der Waals surface area contributed by atoms with E-state index < -0.39 is 5.97 Å². The molecule has 1 rings (SSSR count). The van der Waals surface area contributed by atoms with Gasteiger partial charge in [-0.1, -0.05) is 19.1 Å². The maximum Gasteiger partial charge on any atom is 0.307 e. The zero-order valence-electron chi connectivity index (χ0n) is 10.9. The van der Waals surface area contributed by atoms with Crippen LogP contribution >= 0.6 is 11.8 Å². The summed E-state index contributed by atoms with van der Waals surface area (Å²) in [4.78, 5) is 10.6. The predicted octanol–water partition coefficient (Wildman–Crippen LogP) is 3.22. The van der Waals surface area contributed by atoms with Gasteiger partial charge >= 0.3 is 5.97 Å². The van der Waals surface area contributed by atoms with E-state index in [4.69, 9.17) is 9.84 Å². The fourth-order valence-corrected chi connectivity index (χ4v) is 2.37. The second-order valence-corrected chi connectivity index (χ2v) is 5.48. The molecule has 0 saturated heterocycles. The van der Waals surface area contributed by atoms with Gasteiger partial charge in [-0.05, 0) is 36.8 Å². The fourth-order valence-electron chi connectivity index (χ4n) is 1.39. The molecule has 0 radical (unpaired) electrons. The van der Waals surface area contributed by atoms with Gasteiger partial charge < -0.3 is 9.84 Å². The van der Waals surface area contributed by atoms with Crippen molar-refractivity contribution in [3.8, 4) is 5.75 Å². The number of hydrogen-bond donors (Lipinski definition) is 1. The number of benzene rings is 1. The normalized spacial score (nSPS) is 12.1. The van der Waals surface area contributed by atoms with E-state index in [-0.39, 0.29) is 5.92 Å². The van der Waals surface area contributed by atoms with Crippen LogP contribution in [-0.4, -0.2) is 29.2 Å². The van der Waals surface area contributed by atoms with Crippen LogP contribution in [0.3, 0.4) is 0 Å². The number of aryl methyl sites for hydroxylation is 1. The lowest BCUT2D eigenvalue weighted by atomic mass is 10.2. The third kappa shape index (κ3) is 5.96. The zero-order chi connectivity index (χ0) is 13.4. The molecule has 0 aliphatic carbocycles. The van der Waals surface area contributed by atoms with E-state index in [9.17, 15) is 4.79 Å². The largest absolute Gasteiger partial charge is 0.494 e. The average molecular weight is 268 g/mol. The first kappa shape index (κ1) is 14.9. The number of aliphatic carboxylic acids is 1. The minimum atomic E-state index is -0.724. The summed E-state index contributed by atoms with van der Waals surface area (Å²) in [5.74, 6) is 1.51. The number of rotatable bonds is 8. The van der Waals surface area contributed by atoms with Gasteiger partial charge in [-0.25, -0.2) is 0 Å². The average Bonchev–Trinajstić information content (AvgIpc) is 2.33. The molecule has 1 aromatic carbocycles. The van der Waals surface area contributed by atoms with Crippen molar-refractivity contribution in [2.75, 3.05) is 18.1 Å². The minimum Gasteiger partial charge on any atom is -0.494 e. The van der Waals surface area contributed by atoms with Gasteiger partial charge in [-0.15, -0.1) is 0 Å². The molecule has 4 heteroatoms. The number of thioether (sulfide) groups is 1. The van der Waals surface area contributed by atoms with Crippen molar-refractivity contribution >= 4 is 17.7 Å². The third-order valence-corrected chi connectivity index (χ3v) is 3.79. The first-order valence-electron chi connectivity index (χ1n) is 6.09. The highest BCUT2D eigenvalue weighted by atomic mass is 32.2. The van der Waals surface area contributed by atoms with Crippen molar-refractivity contribution in [3.05, 3.63) is 29.8 Å². The summed E-state index contributed by atoms with van der Waals surface area (Å²) < 4.78 is 5.61. The molecule has 100 valence electrons. The van der Waals surface area contributed by atoms with Crippen LogP contribution in [0.4, 0.5) is 0 Å². The molecule has 0 aliphatic heterocycles. The Balaban J connectivity index is 2.07. The Kier molecular flexibility index (Phi) is 6.65. The van der Waals surface area contributed by atoms with E-state index in [1.54, 1.807) is 18.7 Å². The predicted molar refractivity (Wildman–Crippen MR) is 75.4 cm³/mol. The van der Waals surface area contributed by atoms with Crippen molar-refractivity contribution in [1.82, 2.24) is 0 Å². The second kappa shape index (κ2) is 8.03. The van der Waals surface area contributed by atoms with E-state index >= 15 is 0 Å². The van der Waals surface area contributed by atoms with E-state index in [0.717, 1.165) is 17.9 Å². The Morgan fingerprint density at radius 1 is 1.50 bits per heavy atom. The van der Waals surface area contributed by atoms with Crippen molar-refractivity contribution < 1.29 is 14.6 Å². The standard InChI is InChI=1S/C14H20O3S/c1-11-5-3-6-13(9-11)17-7-4-8-18-10-12(2)14(15)16/h3,5-6,9,12H,4,7-8,10H2,1-2H3,(H,15,16). The molecular weight excluding hydrogens is 248 g/mol. The molecule has 1 N–H and O–H groups in total. The van der Waals surface area contributed by atoms with Gasteiger partial charge in [0.25, 0.3) is 0 Å². The maximum atomic E-state index is 10.6. The molecule has 0 bridgehead atoms. The Labute approximate surface area is 113 Å². The van der Waals surface area contributed by atoms with E-state index in [0.29, 0.717) is 12.4 Å². The van der Waals surface area contributed by atoms with Gasteiger partial charge in [0, 0.05) is 5.75 Å². The smallest absolute Gasteiger partial charge is 0.307 e. The molecule has 1 unspecified atom stereocenters. The third-order valence-electron chi connectivity index (χ3n) is 2.48. The maximum absolute atomic E-state index is 10.6. The van der Waals surface area contributed by atoms with Crippen LogP contribution in [-0.2, 0) is 4.79 Å². The van der Waals surface area contributed by atoms with Crippen LogP contribution in [0.2, 0.25) is 0 Å². The number of hydrogen-bond acceptors (Lipinski definition) is 3. The topological polar surface area (TPSA) is 46.5 Å². The van der Waals surface area contributed by atoms with Crippen LogP contribution < -0.4 is 4.74 Å². The van der Waals surface area contributed by atoms with Crippen molar-refractivity contribution in [3.63, 3.8) is 0 Å². The summed E-state index contributed by atoms with van der Waals surface area (Å²) in [7, 11) is 0. The lowest BCUT2D eigenvalue weighted by molar-refractivity contribution is -0.140. The molecule has 0 aliphatic rings. The Bertz CT molecular complexity index is 379. The highest BCUT2D eigenvalue weighted by Crippen LogP contribution is 2.14. The van der Waals surface area contributed by atoms with Gasteiger partial charge in [-0.2, -0.15) is 11.8 Å². The van der Waals surface area contributed by atoms with E-state index in [1.807, 2.05) is 31.2 Å². The van der Waals surface area contributed by atoms with Gasteiger partial charge in [-0.3, -0.25) is 4.79 Å². The molecule has 0 heterocycles. The van der Waals surface area contributed by atoms with E-state index in [2.05, 4.69) is 0 Å². The summed E-state index contributed by atoms with van der Waals surface area (Å²) in [6.45, 7) is 4.45. The number of carbonyl (C=O) groups is 1. The van der Waals surface area contributed by atoms with Crippen LogP contribution in [0.25, 0.3) is 0 Å². The lowest BCUT2D eigenvalue weighted by Gasteiger charge is -2.08. The first-order chi connectivity index (χ1) is 8.59. The van der Waals surface area contributed by atoms with Crippen LogP contribution in [0.1, 0.15) is 18.9 Å². The molecule has 3 nitrogen and oxygen atoms in total. The second-order valence-electron chi connectivity index (χ2n) is 4.33. The van der Waals surface area contributed by atoms with Crippen LogP contribution in [0.15, 0.2) is 24.3 Å². The molecule has 1 aromatic rings. The summed E-state index contributed by atoms with van der Waals surface area (Å²) in [5.41, 5.74) is 1.19. The number of carboxylic acids is 1. The zero-order valence-corrected chi connectivity index (χ0v) is 11.7. The highest BCUT2D eigenvalue weighted by molar-refractivity contribution is 7.99. The summed E-state index contributed by atoms with van der Waals surface area (Å²) >= 11 is 1.67. The highest BCUT2D eigenvalue weighted by Gasteiger charge is 2.09. The summed E-state index contributed by atoms with van der Waals surface area (Å²) in [6, 6.07) is 7.98. The fraction of sp³-hybridized carbons (Fsp3) is 0.500. The van der Waals surface area contributed by atoms with Crippen LogP contribution in [0.5, 0.6) is 5.75 Å². The van der Waals surface area contributed by atoms with E-state index in [1.165, 1.54) is 5.56 Å². The SMILES string of the molecule is Cc1cccc(OCCCSCC(C)C(=O)O)c1. The quantitative estimate of drug-likeness (QED) is 0.735. The molecule has 18 heavy (non-hydrogen) atoms. The number of carboxylic acid groups (broad SMARTS) is 1. The Morgan fingerprint density at radius 2 is 2.28 bits per heavy atom. The molecule has 0 fully saturated rings. The summed E-state index contributed by atoms with van der Waals surface area (Å²) in [6.07, 6.45) is 0.935. The molecule has 0 amide bonds. The molecule has 0 saturated carbocycles. The Morgan fingerprint density at radius 3 is 2.94 bits per heavy atom. The lowest BCUT2D eigenvalue weighted by Crippen LogP contribution is -2.12. The number of ether oxygens (including phenoxy) is 1. The Hall–Kier alpha value is -1.16. The molecule has 0 spiro atoms. The minimum absolute atomic E-state index is 0.271. The molecule has 1 atom stereocenters. The molecular formula is C14H20O3S. The van der Waals surface area contributed by atoms with Gasteiger partial charge in [0.2, 0.25) is 0 Å². The van der Waals surface area contributed by atoms with Gasteiger partial charge in [0.15, 0.2) is 0 Å². The first-order valence-corrected chi connectivity index (χ1v) is 7.25. The van der Waals surface area contributed by atoms with Crippen LogP contribution in [0, 0.1) is 12.8 Å². The van der Waals surface area contributed by atoms with Crippen molar-refractivity contribution in [1.29, 1.82) is 0 Å². The van der Waals surface area contributed by atoms with Crippen molar-refractivity contribution in [2.24, 2.45) is 5.92 Å². The van der Waals surface area contributed by atoms with Crippen molar-refractivity contribution in [2.45, 2.75) is 20.3 Å². The monoisotopic (exact) mass is 268 g/mol.